The lowest BCUT2D eigenvalue weighted by Crippen LogP contribution is -2.38. The van der Waals surface area contributed by atoms with Crippen LogP contribution in [0.5, 0.6) is 0 Å². The number of hydrogen-bond acceptors (Lipinski definition) is 5. The molecule has 0 radical (unpaired) electrons. The highest BCUT2D eigenvalue weighted by molar-refractivity contribution is 7.09. The van der Waals surface area contributed by atoms with Crippen LogP contribution in [0.4, 0.5) is 0 Å². The van der Waals surface area contributed by atoms with E-state index < -0.39 is 0 Å². The van der Waals surface area contributed by atoms with Gasteiger partial charge in [-0.05, 0) is 6.92 Å². The van der Waals surface area contributed by atoms with Crippen molar-refractivity contribution in [2.45, 2.75) is 25.8 Å². The quantitative estimate of drug-likeness (QED) is 0.786. The molecular weight excluding hydrogens is 238 g/mol. The van der Waals surface area contributed by atoms with Gasteiger partial charge in [0.25, 0.3) is 0 Å². The number of aromatic nitrogens is 1. The summed E-state index contributed by atoms with van der Waals surface area (Å²) in [6.45, 7) is 2.63. The standard InChI is InChI=1S/C11H15N3O2S/c1-7-6-17-9(13-7)3-4-12-8-5-10(15)14(2)11(8)16/h6,8,12H,3-5H2,1-2H3. The Kier molecular flexibility index (Phi) is 3.54. The van der Waals surface area contributed by atoms with E-state index in [2.05, 4.69) is 10.3 Å². The number of thiazole rings is 1. The highest BCUT2D eigenvalue weighted by Crippen LogP contribution is 2.12. The van der Waals surface area contributed by atoms with Crippen molar-refractivity contribution in [2.24, 2.45) is 0 Å². The summed E-state index contributed by atoms with van der Waals surface area (Å²) >= 11 is 1.62. The molecule has 1 aliphatic heterocycles. The zero-order valence-electron chi connectivity index (χ0n) is 9.90. The molecule has 0 saturated carbocycles. The Bertz CT molecular complexity index is 444. The van der Waals surface area contributed by atoms with E-state index in [-0.39, 0.29) is 24.3 Å². The van der Waals surface area contributed by atoms with Crippen molar-refractivity contribution in [3.05, 3.63) is 16.1 Å². The number of carbonyl (C=O) groups excluding carboxylic acids is 2. The zero-order chi connectivity index (χ0) is 12.4. The van der Waals surface area contributed by atoms with E-state index in [9.17, 15) is 9.59 Å². The van der Waals surface area contributed by atoms with E-state index in [1.54, 1.807) is 11.3 Å². The number of rotatable bonds is 4. The maximum absolute atomic E-state index is 11.6. The Hall–Kier alpha value is -1.27. The number of hydrogen-bond donors (Lipinski definition) is 1. The summed E-state index contributed by atoms with van der Waals surface area (Å²) in [4.78, 5) is 28.4. The second-order valence-electron chi connectivity index (χ2n) is 4.13. The lowest BCUT2D eigenvalue weighted by Gasteiger charge is -2.09. The monoisotopic (exact) mass is 253 g/mol. The van der Waals surface area contributed by atoms with Crippen molar-refractivity contribution < 1.29 is 9.59 Å². The fourth-order valence-electron chi connectivity index (χ4n) is 1.79. The van der Waals surface area contributed by atoms with Gasteiger partial charge in [0.2, 0.25) is 11.8 Å². The maximum Gasteiger partial charge on any atom is 0.246 e. The van der Waals surface area contributed by atoms with Gasteiger partial charge >= 0.3 is 0 Å². The van der Waals surface area contributed by atoms with Crippen molar-refractivity contribution in [1.82, 2.24) is 15.2 Å². The molecular formula is C11H15N3O2S. The Labute approximate surface area is 104 Å². The first-order valence-electron chi connectivity index (χ1n) is 5.52. The minimum absolute atomic E-state index is 0.113. The molecule has 1 saturated heterocycles. The summed E-state index contributed by atoms with van der Waals surface area (Å²) in [5.41, 5.74) is 1.02. The van der Waals surface area contributed by atoms with Crippen molar-refractivity contribution >= 4 is 23.2 Å². The van der Waals surface area contributed by atoms with E-state index in [1.165, 1.54) is 11.9 Å². The van der Waals surface area contributed by atoms with Gasteiger partial charge in [-0.3, -0.25) is 14.5 Å². The lowest BCUT2D eigenvalue weighted by atomic mass is 10.2. The summed E-state index contributed by atoms with van der Waals surface area (Å²) < 4.78 is 0. The van der Waals surface area contributed by atoms with E-state index in [1.807, 2.05) is 12.3 Å². The minimum atomic E-state index is -0.353. The van der Waals surface area contributed by atoms with Gasteiger partial charge in [0.05, 0.1) is 17.5 Å². The number of amides is 2. The third-order valence-corrected chi connectivity index (χ3v) is 3.80. The molecule has 0 aromatic carbocycles. The van der Waals surface area contributed by atoms with Crippen LogP contribution in [0.15, 0.2) is 5.38 Å². The molecule has 1 atom stereocenters. The predicted octanol–water partition coefficient (Wildman–Crippen LogP) is 0.341. The molecule has 0 spiro atoms. The van der Waals surface area contributed by atoms with Crippen LogP contribution in [0.25, 0.3) is 0 Å². The predicted molar refractivity (Wildman–Crippen MR) is 64.7 cm³/mol. The molecule has 1 aromatic rings. The summed E-state index contributed by atoms with van der Waals surface area (Å²) in [5, 5.41) is 6.17. The van der Waals surface area contributed by atoms with Crippen LogP contribution in [-0.2, 0) is 16.0 Å². The average Bonchev–Trinajstić information content (AvgIpc) is 2.80. The SMILES string of the molecule is Cc1csc(CCNC2CC(=O)N(C)C2=O)n1. The van der Waals surface area contributed by atoms with Crippen LogP contribution in [0, 0.1) is 6.92 Å². The second-order valence-corrected chi connectivity index (χ2v) is 5.08. The largest absolute Gasteiger partial charge is 0.305 e. The number of carbonyl (C=O) groups is 2. The van der Waals surface area contributed by atoms with Crippen LogP contribution >= 0.6 is 11.3 Å². The fraction of sp³-hybridized carbons (Fsp3) is 0.545. The first-order valence-corrected chi connectivity index (χ1v) is 6.40. The van der Waals surface area contributed by atoms with Gasteiger partial charge in [-0.2, -0.15) is 0 Å². The van der Waals surface area contributed by atoms with Crippen molar-refractivity contribution in [1.29, 1.82) is 0 Å². The van der Waals surface area contributed by atoms with Crippen LogP contribution in [0.1, 0.15) is 17.1 Å². The lowest BCUT2D eigenvalue weighted by molar-refractivity contribution is -0.137. The number of aryl methyl sites for hydroxylation is 1. The van der Waals surface area contributed by atoms with Crippen molar-refractivity contribution in [3.8, 4) is 0 Å². The number of likely N-dealkylation sites (N-methyl/N-ethyl adjacent to an activating group) is 1. The third-order valence-electron chi connectivity index (χ3n) is 2.78. The van der Waals surface area contributed by atoms with Gasteiger partial charge in [0.1, 0.15) is 0 Å². The zero-order valence-corrected chi connectivity index (χ0v) is 10.7. The van der Waals surface area contributed by atoms with Gasteiger partial charge in [0.15, 0.2) is 0 Å². The Morgan fingerprint density at radius 1 is 1.59 bits per heavy atom. The van der Waals surface area contributed by atoms with Gasteiger partial charge < -0.3 is 5.32 Å². The first-order chi connectivity index (χ1) is 8.08. The van der Waals surface area contributed by atoms with E-state index >= 15 is 0 Å². The molecule has 0 bridgehead atoms. The third kappa shape index (κ3) is 2.70. The van der Waals surface area contributed by atoms with E-state index in [0.29, 0.717) is 6.54 Å². The smallest absolute Gasteiger partial charge is 0.246 e. The van der Waals surface area contributed by atoms with Crippen molar-refractivity contribution in [2.75, 3.05) is 13.6 Å². The number of imide groups is 1. The topological polar surface area (TPSA) is 62.3 Å². The summed E-state index contributed by atoms with van der Waals surface area (Å²) in [7, 11) is 1.52. The van der Waals surface area contributed by atoms with Crippen LogP contribution < -0.4 is 5.32 Å². The molecule has 6 heteroatoms. The molecule has 1 unspecified atom stereocenters. The minimum Gasteiger partial charge on any atom is -0.305 e. The molecule has 1 aromatic heterocycles. The highest BCUT2D eigenvalue weighted by Gasteiger charge is 2.35. The molecule has 2 heterocycles. The molecule has 1 N–H and O–H groups in total. The molecule has 2 amide bonds. The molecule has 0 aliphatic carbocycles. The number of nitrogens with zero attached hydrogens (tertiary/aromatic N) is 2. The summed E-state index contributed by atoms with van der Waals surface area (Å²) in [6, 6.07) is -0.353. The first kappa shape index (κ1) is 12.2. The number of likely N-dealkylation sites (tertiary alicyclic amines) is 1. The van der Waals surface area contributed by atoms with E-state index in [0.717, 1.165) is 17.1 Å². The maximum atomic E-state index is 11.6. The molecule has 5 nitrogen and oxygen atoms in total. The fourth-order valence-corrected chi connectivity index (χ4v) is 2.56. The van der Waals surface area contributed by atoms with Crippen molar-refractivity contribution in [3.63, 3.8) is 0 Å². The summed E-state index contributed by atoms with van der Waals surface area (Å²) in [5.74, 6) is -0.247. The molecule has 1 fully saturated rings. The van der Waals surface area contributed by atoms with Crippen LogP contribution in [0.3, 0.4) is 0 Å². The van der Waals surface area contributed by atoms with Crippen LogP contribution in [0.2, 0.25) is 0 Å². The average molecular weight is 253 g/mol. The number of nitrogens with one attached hydrogen (secondary N) is 1. The van der Waals surface area contributed by atoms with E-state index in [4.69, 9.17) is 0 Å². The van der Waals surface area contributed by atoms with Gasteiger partial charge in [-0.1, -0.05) is 0 Å². The Morgan fingerprint density at radius 3 is 2.88 bits per heavy atom. The highest BCUT2D eigenvalue weighted by atomic mass is 32.1. The molecule has 2 rings (SSSR count). The second kappa shape index (κ2) is 4.93. The Balaban J connectivity index is 1.80. The molecule has 1 aliphatic rings. The van der Waals surface area contributed by atoms with Crippen LogP contribution in [-0.4, -0.2) is 41.3 Å². The van der Waals surface area contributed by atoms with Gasteiger partial charge in [-0.15, -0.1) is 11.3 Å². The normalized spacial score (nSPS) is 20.4. The van der Waals surface area contributed by atoms with Gasteiger partial charge in [-0.25, -0.2) is 4.98 Å². The Morgan fingerprint density at radius 2 is 2.35 bits per heavy atom. The molecule has 17 heavy (non-hydrogen) atoms. The van der Waals surface area contributed by atoms with Gasteiger partial charge in [0, 0.05) is 31.1 Å². The summed E-state index contributed by atoms with van der Waals surface area (Å²) in [6.07, 6.45) is 1.06. The molecule has 92 valence electrons.